The van der Waals surface area contributed by atoms with Gasteiger partial charge in [-0.2, -0.15) is 0 Å². The van der Waals surface area contributed by atoms with Gasteiger partial charge in [-0.1, -0.05) is 12.1 Å². The standard InChI is InChI=1S/C18H16BrN3O3/c1-10-7-14(19)16-21-11(2)15(22(16)9-10)17(23)20-8-12-3-5-13(6-4-12)18(24)25/h3-7,9H,8H2,1-2H3,(H,20,23)(H,24,25). The molecular weight excluding hydrogens is 386 g/mol. The van der Waals surface area contributed by atoms with Gasteiger partial charge in [0.2, 0.25) is 0 Å². The summed E-state index contributed by atoms with van der Waals surface area (Å²) in [5.41, 5.74) is 3.87. The van der Waals surface area contributed by atoms with Crippen LogP contribution < -0.4 is 5.32 Å². The van der Waals surface area contributed by atoms with Crippen LogP contribution in [0.1, 0.15) is 37.7 Å². The van der Waals surface area contributed by atoms with E-state index in [1.165, 1.54) is 12.1 Å². The van der Waals surface area contributed by atoms with Crippen molar-refractivity contribution in [1.29, 1.82) is 0 Å². The fraction of sp³-hybridized carbons (Fsp3) is 0.167. The number of halogens is 1. The van der Waals surface area contributed by atoms with Crippen molar-refractivity contribution in [2.75, 3.05) is 0 Å². The average Bonchev–Trinajstić information content (AvgIpc) is 2.89. The predicted molar refractivity (Wildman–Crippen MR) is 96.9 cm³/mol. The zero-order valence-corrected chi connectivity index (χ0v) is 15.3. The van der Waals surface area contributed by atoms with Crippen LogP contribution in [0.2, 0.25) is 0 Å². The lowest BCUT2D eigenvalue weighted by Gasteiger charge is -2.07. The van der Waals surface area contributed by atoms with Crippen LogP contribution in [-0.2, 0) is 6.54 Å². The largest absolute Gasteiger partial charge is 0.478 e. The average molecular weight is 402 g/mol. The molecule has 0 aliphatic carbocycles. The molecule has 25 heavy (non-hydrogen) atoms. The number of hydrogen-bond donors (Lipinski definition) is 2. The third-order valence-electron chi connectivity index (χ3n) is 3.86. The molecule has 0 atom stereocenters. The van der Waals surface area contributed by atoms with Crippen LogP contribution in [-0.4, -0.2) is 26.4 Å². The van der Waals surface area contributed by atoms with E-state index in [-0.39, 0.29) is 11.5 Å². The van der Waals surface area contributed by atoms with Gasteiger partial charge in [0, 0.05) is 12.7 Å². The monoisotopic (exact) mass is 401 g/mol. The van der Waals surface area contributed by atoms with E-state index in [4.69, 9.17) is 5.11 Å². The van der Waals surface area contributed by atoms with Gasteiger partial charge < -0.3 is 10.4 Å². The Morgan fingerprint density at radius 3 is 2.56 bits per heavy atom. The summed E-state index contributed by atoms with van der Waals surface area (Å²) >= 11 is 3.48. The number of imidazole rings is 1. The second-order valence-electron chi connectivity index (χ2n) is 5.79. The molecule has 2 aromatic heterocycles. The zero-order chi connectivity index (χ0) is 18.1. The number of benzene rings is 1. The maximum absolute atomic E-state index is 12.6. The highest BCUT2D eigenvalue weighted by Gasteiger charge is 2.18. The number of aromatic carboxylic acids is 1. The van der Waals surface area contributed by atoms with Crippen molar-refractivity contribution in [3.8, 4) is 0 Å². The predicted octanol–water partition coefficient (Wildman–Crippen LogP) is 3.34. The molecule has 0 radical (unpaired) electrons. The van der Waals surface area contributed by atoms with Crippen molar-refractivity contribution in [2.45, 2.75) is 20.4 Å². The van der Waals surface area contributed by atoms with Gasteiger partial charge in [-0.15, -0.1) is 0 Å². The lowest BCUT2D eigenvalue weighted by atomic mass is 10.1. The summed E-state index contributed by atoms with van der Waals surface area (Å²) in [6.45, 7) is 4.05. The molecule has 0 aliphatic heterocycles. The molecule has 2 N–H and O–H groups in total. The number of fused-ring (bicyclic) bond motifs is 1. The lowest BCUT2D eigenvalue weighted by Crippen LogP contribution is -2.25. The van der Waals surface area contributed by atoms with Crippen molar-refractivity contribution in [3.05, 3.63) is 69.1 Å². The zero-order valence-electron chi connectivity index (χ0n) is 13.7. The molecule has 3 aromatic rings. The van der Waals surface area contributed by atoms with Gasteiger partial charge in [0.1, 0.15) is 5.69 Å². The van der Waals surface area contributed by atoms with Crippen molar-refractivity contribution in [2.24, 2.45) is 0 Å². The van der Waals surface area contributed by atoms with Gasteiger partial charge in [0.15, 0.2) is 5.65 Å². The summed E-state index contributed by atoms with van der Waals surface area (Å²) in [6.07, 6.45) is 1.87. The third kappa shape index (κ3) is 3.41. The summed E-state index contributed by atoms with van der Waals surface area (Å²) in [4.78, 5) is 27.9. The van der Waals surface area contributed by atoms with E-state index in [9.17, 15) is 9.59 Å². The summed E-state index contributed by atoms with van der Waals surface area (Å²) in [5.74, 6) is -1.21. The van der Waals surface area contributed by atoms with Gasteiger partial charge in [0.05, 0.1) is 15.7 Å². The molecule has 1 aromatic carbocycles. The first-order valence-corrected chi connectivity index (χ1v) is 8.41. The molecule has 0 saturated carbocycles. The molecule has 0 unspecified atom stereocenters. The number of carbonyl (C=O) groups excluding carboxylic acids is 1. The Bertz CT molecular complexity index is 977. The van der Waals surface area contributed by atoms with Crippen LogP contribution in [0, 0.1) is 13.8 Å². The molecule has 0 bridgehead atoms. The van der Waals surface area contributed by atoms with Crippen LogP contribution in [0.15, 0.2) is 41.0 Å². The summed E-state index contributed by atoms with van der Waals surface area (Å²) in [6, 6.07) is 8.36. The molecule has 128 valence electrons. The van der Waals surface area contributed by atoms with Gasteiger partial charge in [-0.3, -0.25) is 9.20 Å². The molecule has 0 fully saturated rings. The van der Waals surface area contributed by atoms with Crippen molar-refractivity contribution in [3.63, 3.8) is 0 Å². The fourth-order valence-corrected chi connectivity index (χ4v) is 3.29. The fourth-order valence-electron chi connectivity index (χ4n) is 2.65. The molecule has 1 amide bonds. The van der Waals surface area contributed by atoms with E-state index in [1.54, 1.807) is 23.5 Å². The highest BCUT2D eigenvalue weighted by atomic mass is 79.9. The van der Waals surface area contributed by atoms with Crippen molar-refractivity contribution in [1.82, 2.24) is 14.7 Å². The number of carboxylic acid groups (broad SMARTS) is 1. The Kier molecular flexibility index (Phi) is 4.59. The number of hydrogen-bond acceptors (Lipinski definition) is 3. The maximum atomic E-state index is 12.6. The number of rotatable bonds is 4. The first-order chi connectivity index (χ1) is 11.9. The van der Waals surface area contributed by atoms with Gasteiger partial charge in [-0.25, -0.2) is 9.78 Å². The molecule has 0 spiro atoms. The minimum absolute atomic E-state index is 0.216. The molecule has 0 saturated heterocycles. The summed E-state index contributed by atoms with van der Waals surface area (Å²) in [7, 11) is 0. The van der Waals surface area contributed by atoms with Crippen LogP contribution in [0.3, 0.4) is 0 Å². The number of aromatic nitrogens is 2. The summed E-state index contributed by atoms with van der Waals surface area (Å²) < 4.78 is 2.61. The number of nitrogens with one attached hydrogen (secondary N) is 1. The smallest absolute Gasteiger partial charge is 0.335 e. The Balaban J connectivity index is 1.83. The molecule has 6 nitrogen and oxygen atoms in total. The van der Waals surface area contributed by atoms with Crippen LogP contribution in [0.5, 0.6) is 0 Å². The van der Waals surface area contributed by atoms with Crippen molar-refractivity contribution >= 4 is 33.5 Å². The number of carbonyl (C=O) groups is 2. The van der Waals surface area contributed by atoms with Gasteiger partial charge >= 0.3 is 5.97 Å². The molecule has 3 rings (SSSR count). The van der Waals surface area contributed by atoms with Gasteiger partial charge in [0.25, 0.3) is 5.91 Å². The number of amides is 1. The first kappa shape index (κ1) is 17.2. The van der Waals surface area contributed by atoms with Crippen LogP contribution in [0.4, 0.5) is 0 Å². The normalized spacial score (nSPS) is 10.8. The van der Waals surface area contributed by atoms with E-state index in [1.807, 2.05) is 19.2 Å². The summed E-state index contributed by atoms with van der Waals surface area (Å²) in [5, 5.41) is 11.8. The number of nitrogens with zero attached hydrogens (tertiary/aromatic N) is 2. The third-order valence-corrected chi connectivity index (χ3v) is 4.44. The van der Waals surface area contributed by atoms with E-state index < -0.39 is 5.97 Å². The van der Waals surface area contributed by atoms with E-state index in [2.05, 4.69) is 26.2 Å². The van der Waals surface area contributed by atoms with Crippen LogP contribution >= 0.6 is 15.9 Å². The van der Waals surface area contributed by atoms with Crippen LogP contribution in [0.25, 0.3) is 5.65 Å². The minimum atomic E-state index is -0.974. The molecule has 7 heteroatoms. The highest BCUT2D eigenvalue weighted by Crippen LogP contribution is 2.22. The quantitative estimate of drug-likeness (QED) is 0.701. The Morgan fingerprint density at radius 1 is 1.24 bits per heavy atom. The number of aryl methyl sites for hydroxylation is 2. The number of pyridine rings is 1. The van der Waals surface area contributed by atoms with Gasteiger partial charge in [-0.05, 0) is 59.1 Å². The molecular formula is C18H16BrN3O3. The highest BCUT2D eigenvalue weighted by molar-refractivity contribution is 9.10. The van der Waals surface area contributed by atoms with E-state index in [0.717, 1.165) is 15.6 Å². The second-order valence-corrected chi connectivity index (χ2v) is 6.64. The minimum Gasteiger partial charge on any atom is -0.478 e. The topological polar surface area (TPSA) is 83.7 Å². The Morgan fingerprint density at radius 2 is 1.92 bits per heavy atom. The maximum Gasteiger partial charge on any atom is 0.335 e. The van der Waals surface area contributed by atoms with E-state index >= 15 is 0 Å². The molecule has 2 heterocycles. The second kappa shape index (κ2) is 6.68. The van der Waals surface area contributed by atoms with Crippen molar-refractivity contribution < 1.29 is 14.7 Å². The lowest BCUT2D eigenvalue weighted by molar-refractivity contribution is 0.0696. The Hall–Kier alpha value is -2.67. The first-order valence-electron chi connectivity index (χ1n) is 7.62. The van der Waals surface area contributed by atoms with E-state index in [0.29, 0.717) is 23.6 Å². The number of carboxylic acids is 1. The Labute approximate surface area is 152 Å². The molecule has 0 aliphatic rings. The SMILES string of the molecule is Cc1cc(Br)c2nc(C)c(C(=O)NCc3ccc(C(=O)O)cc3)n2c1.